The second kappa shape index (κ2) is 6.51. The van der Waals surface area contributed by atoms with Gasteiger partial charge in [0, 0.05) is 18.4 Å². The number of aryl methyl sites for hydroxylation is 2. The number of carboxylic acids is 1. The summed E-state index contributed by atoms with van der Waals surface area (Å²) in [6, 6.07) is 1.01. The molecule has 1 heterocycles. The minimum atomic E-state index is -1.02. The van der Waals surface area contributed by atoms with E-state index in [1.165, 1.54) is 30.6 Å². The number of likely N-dealkylation sites (N-methyl/N-ethyl adjacent to an activating group) is 1. The van der Waals surface area contributed by atoms with Crippen molar-refractivity contribution in [1.82, 2.24) is 14.9 Å². The van der Waals surface area contributed by atoms with Gasteiger partial charge in [-0.2, -0.15) is 0 Å². The van der Waals surface area contributed by atoms with Crippen LogP contribution in [0.5, 0.6) is 0 Å². The third kappa shape index (κ3) is 4.51. The lowest BCUT2D eigenvalue weighted by Crippen LogP contribution is -2.41. The molecular formula is C12H17N3O3S. The molecular weight excluding hydrogens is 266 g/mol. The highest BCUT2D eigenvalue weighted by Gasteiger charge is 2.21. The molecule has 1 rings (SSSR count). The summed E-state index contributed by atoms with van der Waals surface area (Å²) < 4.78 is 0. The van der Waals surface area contributed by atoms with Crippen LogP contribution in [0.3, 0.4) is 0 Å². The molecule has 0 aliphatic carbocycles. The van der Waals surface area contributed by atoms with Gasteiger partial charge in [-0.3, -0.25) is 4.79 Å². The molecule has 0 saturated heterocycles. The van der Waals surface area contributed by atoms with Gasteiger partial charge in [0.2, 0.25) is 5.91 Å². The van der Waals surface area contributed by atoms with Gasteiger partial charge in [-0.15, -0.1) is 0 Å². The minimum Gasteiger partial charge on any atom is -0.480 e. The standard InChI is InChI=1S/C12H17N3O3S/c1-7-5-8(2)14-12(13-7)19-6-10(16)15(4)9(3)11(17)18/h5,9H,6H2,1-4H3,(H,17,18). The summed E-state index contributed by atoms with van der Waals surface area (Å²) in [6.07, 6.45) is 0. The summed E-state index contributed by atoms with van der Waals surface area (Å²) in [5.74, 6) is -1.16. The highest BCUT2D eigenvalue weighted by molar-refractivity contribution is 7.99. The molecule has 0 aliphatic rings. The number of aliphatic carboxylic acids is 1. The number of rotatable bonds is 5. The molecule has 0 fully saturated rings. The van der Waals surface area contributed by atoms with Crippen LogP contribution in [-0.4, -0.2) is 50.7 Å². The fourth-order valence-electron chi connectivity index (χ4n) is 1.37. The Bertz CT molecular complexity index is 473. The number of nitrogens with zero attached hydrogens (tertiary/aromatic N) is 3. The van der Waals surface area contributed by atoms with Gasteiger partial charge in [0.05, 0.1) is 5.75 Å². The predicted molar refractivity (Wildman–Crippen MR) is 72.1 cm³/mol. The highest BCUT2D eigenvalue weighted by Crippen LogP contribution is 2.15. The number of carbonyl (C=O) groups is 2. The first-order valence-electron chi connectivity index (χ1n) is 5.75. The molecule has 104 valence electrons. The number of thioether (sulfide) groups is 1. The van der Waals surface area contributed by atoms with E-state index in [0.29, 0.717) is 5.16 Å². The Morgan fingerprint density at radius 3 is 2.37 bits per heavy atom. The molecule has 0 radical (unpaired) electrons. The number of hydrogen-bond donors (Lipinski definition) is 1. The maximum atomic E-state index is 11.8. The van der Waals surface area contributed by atoms with Crippen LogP contribution in [0, 0.1) is 13.8 Å². The van der Waals surface area contributed by atoms with E-state index in [1.54, 1.807) is 0 Å². The highest BCUT2D eigenvalue weighted by atomic mass is 32.2. The van der Waals surface area contributed by atoms with Crippen LogP contribution in [0.2, 0.25) is 0 Å². The fourth-order valence-corrected chi connectivity index (χ4v) is 2.24. The van der Waals surface area contributed by atoms with Crippen molar-refractivity contribution < 1.29 is 14.7 Å². The van der Waals surface area contributed by atoms with Gasteiger partial charge < -0.3 is 10.0 Å². The monoisotopic (exact) mass is 283 g/mol. The second-order valence-electron chi connectivity index (χ2n) is 4.24. The molecule has 1 unspecified atom stereocenters. The normalized spacial score (nSPS) is 12.0. The first-order chi connectivity index (χ1) is 8.81. The van der Waals surface area contributed by atoms with Crippen LogP contribution < -0.4 is 0 Å². The van der Waals surface area contributed by atoms with Crippen molar-refractivity contribution in [2.24, 2.45) is 0 Å². The van der Waals surface area contributed by atoms with Crippen molar-refractivity contribution in [3.05, 3.63) is 17.5 Å². The van der Waals surface area contributed by atoms with Crippen molar-refractivity contribution in [2.45, 2.75) is 32.0 Å². The largest absolute Gasteiger partial charge is 0.480 e. The van der Waals surface area contributed by atoms with E-state index in [2.05, 4.69) is 9.97 Å². The van der Waals surface area contributed by atoms with Gasteiger partial charge in [0.25, 0.3) is 0 Å². The van der Waals surface area contributed by atoms with E-state index >= 15 is 0 Å². The molecule has 0 aliphatic heterocycles. The average molecular weight is 283 g/mol. The lowest BCUT2D eigenvalue weighted by Gasteiger charge is -2.21. The van der Waals surface area contributed by atoms with Crippen molar-refractivity contribution in [1.29, 1.82) is 0 Å². The molecule has 1 N–H and O–H groups in total. The summed E-state index contributed by atoms with van der Waals surface area (Å²) >= 11 is 1.21. The summed E-state index contributed by atoms with van der Waals surface area (Å²) in [4.78, 5) is 32.2. The topological polar surface area (TPSA) is 83.4 Å². The molecule has 1 aromatic rings. The average Bonchev–Trinajstić information content (AvgIpc) is 2.32. The molecule has 0 aromatic carbocycles. The lowest BCUT2D eigenvalue weighted by molar-refractivity contribution is -0.147. The summed E-state index contributed by atoms with van der Waals surface area (Å²) in [6.45, 7) is 5.19. The van der Waals surface area contributed by atoms with Gasteiger partial charge in [-0.1, -0.05) is 11.8 Å². The zero-order valence-corrected chi connectivity index (χ0v) is 12.2. The zero-order valence-electron chi connectivity index (χ0n) is 11.4. The van der Waals surface area contributed by atoms with Crippen LogP contribution in [-0.2, 0) is 9.59 Å². The van der Waals surface area contributed by atoms with E-state index < -0.39 is 12.0 Å². The number of carbonyl (C=O) groups excluding carboxylic acids is 1. The maximum absolute atomic E-state index is 11.8. The summed E-state index contributed by atoms with van der Waals surface area (Å²) in [7, 11) is 1.48. The smallest absolute Gasteiger partial charge is 0.326 e. The molecule has 6 nitrogen and oxygen atoms in total. The SMILES string of the molecule is Cc1cc(C)nc(SCC(=O)N(C)C(C)C(=O)O)n1. The van der Waals surface area contributed by atoms with Crippen molar-refractivity contribution in [3.8, 4) is 0 Å². The molecule has 1 atom stereocenters. The Kier molecular flexibility index (Phi) is 5.29. The Morgan fingerprint density at radius 1 is 1.37 bits per heavy atom. The quantitative estimate of drug-likeness (QED) is 0.644. The summed E-state index contributed by atoms with van der Waals surface area (Å²) in [5, 5.41) is 9.36. The Balaban J connectivity index is 2.61. The number of aromatic nitrogens is 2. The molecule has 0 saturated carbocycles. The van der Waals surface area contributed by atoms with Crippen LogP contribution >= 0.6 is 11.8 Å². The van der Waals surface area contributed by atoms with Crippen molar-refractivity contribution in [3.63, 3.8) is 0 Å². The second-order valence-corrected chi connectivity index (χ2v) is 5.18. The molecule has 0 spiro atoms. The van der Waals surface area contributed by atoms with E-state index in [-0.39, 0.29) is 11.7 Å². The van der Waals surface area contributed by atoms with Crippen LogP contribution in [0.15, 0.2) is 11.2 Å². The van der Waals surface area contributed by atoms with Crippen molar-refractivity contribution >= 4 is 23.6 Å². The number of amides is 1. The number of carboxylic acid groups (broad SMARTS) is 1. The predicted octanol–water partition coefficient (Wildman–Crippen LogP) is 1.12. The maximum Gasteiger partial charge on any atom is 0.326 e. The van der Waals surface area contributed by atoms with Gasteiger partial charge in [0.15, 0.2) is 5.16 Å². The third-order valence-corrected chi connectivity index (χ3v) is 3.45. The van der Waals surface area contributed by atoms with Gasteiger partial charge in [0.1, 0.15) is 6.04 Å². The lowest BCUT2D eigenvalue weighted by atomic mass is 10.3. The van der Waals surface area contributed by atoms with Crippen LogP contribution in [0.25, 0.3) is 0 Å². The molecule has 7 heteroatoms. The van der Waals surface area contributed by atoms with Crippen LogP contribution in [0.4, 0.5) is 0 Å². The zero-order chi connectivity index (χ0) is 14.6. The Morgan fingerprint density at radius 2 is 1.89 bits per heavy atom. The Labute approximate surface area is 116 Å². The molecule has 19 heavy (non-hydrogen) atoms. The number of hydrogen-bond acceptors (Lipinski definition) is 5. The van der Waals surface area contributed by atoms with E-state index in [9.17, 15) is 9.59 Å². The minimum absolute atomic E-state index is 0.122. The first kappa shape index (κ1) is 15.4. The van der Waals surface area contributed by atoms with Gasteiger partial charge >= 0.3 is 5.97 Å². The van der Waals surface area contributed by atoms with Crippen LogP contribution in [0.1, 0.15) is 18.3 Å². The molecule has 0 bridgehead atoms. The third-order valence-electron chi connectivity index (χ3n) is 2.62. The first-order valence-corrected chi connectivity index (χ1v) is 6.73. The summed E-state index contributed by atoms with van der Waals surface area (Å²) in [5.41, 5.74) is 1.68. The van der Waals surface area contributed by atoms with E-state index in [0.717, 1.165) is 11.4 Å². The fraction of sp³-hybridized carbons (Fsp3) is 0.500. The van der Waals surface area contributed by atoms with Crippen molar-refractivity contribution in [2.75, 3.05) is 12.8 Å². The van der Waals surface area contributed by atoms with E-state index in [1.807, 2.05) is 19.9 Å². The van der Waals surface area contributed by atoms with E-state index in [4.69, 9.17) is 5.11 Å². The molecule has 1 aromatic heterocycles. The van der Waals surface area contributed by atoms with Gasteiger partial charge in [-0.25, -0.2) is 14.8 Å². The molecule has 1 amide bonds. The Hall–Kier alpha value is -1.63. The van der Waals surface area contributed by atoms with Gasteiger partial charge in [-0.05, 0) is 26.8 Å².